The Bertz CT molecular complexity index is 137. The van der Waals surface area contributed by atoms with E-state index in [1.165, 1.54) is 14.2 Å². The average Bonchev–Trinajstić information content (AvgIpc) is 2.06. The van der Waals surface area contributed by atoms with Crippen molar-refractivity contribution in [2.45, 2.75) is 31.6 Å². The van der Waals surface area contributed by atoms with Crippen molar-refractivity contribution in [1.29, 1.82) is 0 Å². The molecule has 0 saturated heterocycles. The lowest BCUT2D eigenvalue weighted by Crippen LogP contribution is -2.40. The fourth-order valence-corrected chi connectivity index (χ4v) is 3.26. The third-order valence-corrected chi connectivity index (χ3v) is 5.65. The first-order valence-corrected chi connectivity index (χ1v) is 6.29. The van der Waals surface area contributed by atoms with Crippen LogP contribution in [0.3, 0.4) is 0 Å². The lowest BCUT2D eigenvalue weighted by atomic mass is 10.5. The van der Waals surface area contributed by atoms with Crippen LogP contribution in [0, 0.1) is 0 Å². The number of alkyl halides is 3. The van der Waals surface area contributed by atoms with Gasteiger partial charge in [0, 0.05) is 20.6 Å². The number of rotatable bonds is 5. The summed E-state index contributed by atoms with van der Waals surface area (Å²) in [6.07, 6.45) is -4.95. The minimum atomic E-state index is -4.12. The number of halogens is 3. The predicted octanol–water partition coefficient (Wildman–Crippen LogP) is 2.69. The first-order valence-electron chi connectivity index (χ1n) is 4.06. The molecule has 0 rings (SSSR count). The summed E-state index contributed by atoms with van der Waals surface area (Å²) in [4.78, 5) is 0. The Balaban J connectivity index is 4.11. The highest BCUT2D eigenvalue weighted by Gasteiger charge is 2.38. The minimum absolute atomic E-state index is 0.0278. The summed E-state index contributed by atoms with van der Waals surface area (Å²) < 4.78 is 45.8. The molecule has 0 aromatic heterocycles. The van der Waals surface area contributed by atoms with Crippen LogP contribution in [0.15, 0.2) is 0 Å². The summed E-state index contributed by atoms with van der Waals surface area (Å²) in [5.41, 5.74) is 0. The van der Waals surface area contributed by atoms with Gasteiger partial charge in [-0.15, -0.1) is 0 Å². The van der Waals surface area contributed by atoms with Gasteiger partial charge >= 0.3 is 14.7 Å². The van der Waals surface area contributed by atoms with Gasteiger partial charge in [0.05, 0.1) is 0 Å². The summed E-state index contributed by atoms with van der Waals surface area (Å²) in [7, 11) is 0.277. The summed E-state index contributed by atoms with van der Waals surface area (Å²) in [5, 5.41) is 0. The third kappa shape index (κ3) is 4.63. The summed E-state index contributed by atoms with van der Waals surface area (Å²) in [6, 6.07) is 0.510. The number of hydrogen-bond acceptors (Lipinski definition) is 2. The van der Waals surface area contributed by atoms with Gasteiger partial charge in [-0.1, -0.05) is 6.92 Å². The second kappa shape index (κ2) is 4.97. The molecule has 0 aliphatic heterocycles. The van der Waals surface area contributed by atoms with E-state index < -0.39 is 21.2 Å². The lowest BCUT2D eigenvalue weighted by molar-refractivity contribution is -0.131. The quantitative estimate of drug-likeness (QED) is 0.658. The van der Waals surface area contributed by atoms with E-state index in [0.29, 0.717) is 6.04 Å². The molecule has 2 nitrogen and oxygen atoms in total. The summed E-state index contributed by atoms with van der Waals surface area (Å²) in [6.45, 7) is 1.79. The Labute approximate surface area is 77.3 Å². The zero-order valence-corrected chi connectivity index (χ0v) is 9.07. The molecular weight excluding hydrogens is 201 g/mol. The maximum absolute atomic E-state index is 11.9. The Morgan fingerprint density at radius 1 is 1.15 bits per heavy atom. The number of hydrogen-bond donors (Lipinski definition) is 0. The fraction of sp³-hybridized carbons (Fsp3) is 1.00. The van der Waals surface area contributed by atoms with Crippen LogP contribution in [0.25, 0.3) is 0 Å². The molecule has 0 saturated carbocycles. The molecule has 6 heteroatoms. The van der Waals surface area contributed by atoms with Crippen LogP contribution in [0.2, 0.25) is 12.1 Å². The molecule has 0 aromatic rings. The van der Waals surface area contributed by atoms with Gasteiger partial charge in [-0.3, -0.25) is 0 Å². The normalized spacial score (nSPS) is 13.4. The molecule has 0 bridgehead atoms. The Hall–Kier alpha value is -0.0731. The largest absolute Gasteiger partial charge is 0.398 e. The topological polar surface area (TPSA) is 18.5 Å². The second-order valence-corrected chi connectivity index (χ2v) is 6.63. The van der Waals surface area contributed by atoms with Crippen molar-refractivity contribution in [3.63, 3.8) is 0 Å². The monoisotopic (exact) mass is 216 g/mol. The van der Waals surface area contributed by atoms with Gasteiger partial charge in [0.1, 0.15) is 0 Å². The molecular formula is C7H15F3O2Si. The minimum Gasteiger partial charge on any atom is -0.398 e. The maximum Gasteiger partial charge on any atom is 0.389 e. The van der Waals surface area contributed by atoms with Crippen LogP contribution in [0.4, 0.5) is 13.2 Å². The van der Waals surface area contributed by atoms with Crippen LogP contribution >= 0.6 is 0 Å². The standard InChI is InChI=1S/C7H15F3O2Si/c1-4-13(11-2,12-3)6-5-7(8,9)10/h4-6H2,1-3H3. The molecule has 0 atom stereocenters. The van der Waals surface area contributed by atoms with Gasteiger partial charge in [0.25, 0.3) is 0 Å². The molecule has 0 spiro atoms. The van der Waals surface area contributed by atoms with Gasteiger partial charge in [-0.25, -0.2) is 0 Å². The van der Waals surface area contributed by atoms with Crippen LogP contribution in [0.5, 0.6) is 0 Å². The first kappa shape index (κ1) is 12.9. The van der Waals surface area contributed by atoms with Crippen LogP contribution in [-0.4, -0.2) is 29.0 Å². The Morgan fingerprint density at radius 2 is 1.62 bits per heavy atom. The van der Waals surface area contributed by atoms with Crippen LogP contribution in [0.1, 0.15) is 13.3 Å². The molecule has 0 heterocycles. The van der Waals surface area contributed by atoms with Gasteiger partial charge in [-0.05, 0) is 12.1 Å². The molecule has 0 fully saturated rings. The zero-order valence-electron chi connectivity index (χ0n) is 8.07. The van der Waals surface area contributed by atoms with Gasteiger partial charge in [-0.2, -0.15) is 13.2 Å². The molecule has 13 heavy (non-hydrogen) atoms. The van der Waals surface area contributed by atoms with Crippen molar-refractivity contribution in [2.75, 3.05) is 14.2 Å². The van der Waals surface area contributed by atoms with Crippen molar-refractivity contribution in [3.05, 3.63) is 0 Å². The summed E-state index contributed by atoms with van der Waals surface area (Å²) >= 11 is 0. The van der Waals surface area contributed by atoms with Crippen molar-refractivity contribution in [2.24, 2.45) is 0 Å². The van der Waals surface area contributed by atoms with E-state index in [1.807, 2.05) is 0 Å². The van der Waals surface area contributed by atoms with Crippen molar-refractivity contribution in [3.8, 4) is 0 Å². The molecule has 0 aliphatic rings. The van der Waals surface area contributed by atoms with Crippen molar-refractivity contribution < 1.29 is 22.0 Å². The van der Waals surface area contributed by atoms with E-state index in [0.717, 1.165) is 0 Å². The maximum atomic E-state index is 11.9. The average molecular weight is 216 g/mol. The summed E-state index contributed by atoms with van der Waals surface area (Å²) in [5.74, 6) is 0. The predicted molar refractivity (Wildman–Crippen MR) is 45.7 cm³/mol. The molecule has 0 N–H and O–H groups in total. The zero-order chi connectivity index (χ0) is 10.5. The van der Waals surface area contributed by atoms with E-state index in [-0.39, 0.29) is 6.04 Å². The van der Waals surface area contributed by atoms with Gasteiger partial charge in [0.2, 0.25) is 0 Å². The van der Waals surface area contributed by atoms with Gasteiger partial charge < -0.3 is 8.85 Å². The van der Waals surface area contributed by atoms with Gasteiger partial charge in [0.15, 0.2) is 0 Å². The molecule has 0 aromatic carbocycles. The van der Waals surface area contributed by atoms with E-state index in [9.17, 15) is 13.2 Å². The highest BCUT2D eigenvalue weighted by atomic mass is 28.4. The van der Waals surface area contributed by atoms with Crippen LogP contribution < -0.4 is 0 Å². The second-order valence-electron chi connectivity index (χ2n) is 2.79. The smallest absolute Gasteiger partial charge is 0.389 e. The highest BCUT2D eigenvalue weighted by molar-refractivity contribution is 6.67. The Morgan fingerprint density at radius 3 is 1.85 bits per heavy atom. The van der Waals surface area contributed by atoms with E-state index in [2.05, 4.69) is 0 Å². The first-order chi connectivity index (χ1) is 5.89. The lowest BCUT2D eigenvalue weighted by Gasteiger charge is -2.26. The third-order valence-electron chi connectivity index (χ3n) is 2.07. The van der Waals surface area contributed by atoms with E-state index in [4.69, 9.17) is 8.85 Å². The molecule has 0 radical (unpaired) electrons. The molecule has 80 valence electrons. The van der Waals surface area contributed by atoms with Crippen molar-refractivity contribution >= 4 is 8.56 Å². The molecule has 0 amide bonds. The van der Waals surface area contributed by atoms with E-state index >= 15 is 0 Å². The SMILES string of the molecule is CC[Si](CCC(F)(F)F)(OC)OC. The Kier molecular flexibility index (Phi) is 4.94. The molecule has 0 aliphatic carbocycles. The fourth-order valence-electron chi connectivity index (χ4n) is 1.09. The van der Waals surface area contributed by atoms with Crippen molar-refractivity contribution in [1.82, 2.24) is 0 Å². The van der Waals surface area contributed by atoms with E-state index in [1.54, 1.807) is 6.92 Å². The van der Waals surface area contributed by atoms with Crippen LogP contribution in [-0.2, 0) is 8.85 Å². The highest BCUT2D eigenvalue weighted by Crippen LogP contribution is 2.28. The molecule has 0 unspecified atom stereocenters.